The quantitative estimate of drug-likeness (QED) is 0.144. The van der Waals surface area contributed by atoms with Crippen molar-refractivity contribution in [1.29, 1.82) is 0 Å². The van der Waals surface area contributed by atoms with Crippen molar-refractivity contribution in [2.75, 3.05) is 9.80 Å². The van der Waals surface area contributed by atoms with E-state index < -0.39 is 0 Å². The normalized spacial score (nSPS) is 15.6. The molecule has 0 amide bonds. The van der Waals surface area contributed by atoms with Crippen molar-refractivity contribution < 1.29 is 8.83 Å². The van der Waals surface area contributed by atoms with E-state index in [9.17, 15) is 0 Å². The van der Waals surface area contributed by atoms with E-state index in [-0.39, 0.29) is 48.7 Å². The molecule has 0 atom stereocenters. The molecule has 108 heavy (non-hydrogen) atoms. The molecule has 14 aromatic rings. The second-order valence-electron chi connectivity index (χ2n) is 39.2. The lowest BCUT2D eigenvalue weighted by Gasteiger charge is -2.30. The van der Waals surface area contributed by atoms with Crippen molar-refractivity contribution in [3.05, 3.63) is 296 Å². The summed E-state index contributed by atoms with van der Waals surface area (Å²) >= 11 is 0. The average Bonchev–Trinajstić information content (AvgIpc) is 1.59. The Morgan fingerprint density at radius 2 is 0.685 bits per heavy atom. The summed E-state index contributed by atoms with van der Waals surface area (Å²) in [4.78, 5) is 4.99. The average molecular weight is 1410 g/mol. The number of anilines is 6. The van der Waals surface area contributed by atoms with E-state index in [4.69, 9.17) is 8.83 Å². The van der Waals surface area contributed by atoms with Gasteiger partial charge in [0.1, 0.15) is 11.2 Å². The number of furan rings is 2. The van der Waals surface area contributed by atoms with Crippen LogP contribution >= 0.6 is 0 Å². The summed E-state index contributed by atoms with van der Waals surface area (Å²) in [6.45, 7) is 52.1. The molecule has 0 aliphatic heterocycles. The Kier molecular flexibility index (Phi) is 14.8. The van der Waals surface area contributed by atoms with Gasteiger partial charge < -0.3 is 18.6 Å². The highest BCUT2D eigenvalue weighted by molar-refractivity contribution is 6.13. The minimum absolute atomic E-state index is 0.0199. The summed E-state index contributed by atoms with van der Waals surface area (Å²) in [7, 11) is 0. The molecule has 542 valence electrons. The van der Waals surface area contributed by atoms with Crippen molar-refractivity contribution in [3.63, 3.8) is 0 Å². The van der Waals surface area contributed by atoms with Gasteiger partial charge in [0, 0.05) is 71.5 Å². The zero-order chi connectivity index (χ0) is 76.0. The second kappa shape index (κ2) is 23.0. The predicted molar refractivity (Wildman–Crippen MR) is 459 cm³/mol. The van der Waals surface area contributed by atoms with Crippen molar-refractivity contribution in [2.24, 2.45) is 0 Å². The Morgan fingerprint density at radius 1 is 0.278 bits per heavy atom. The van der Waals surface area contributed by atoms with Gasteiger partial charge in [0.2, 0.25) is 0 Å². The fraction of sp³-hybridized carbons (Fsp3) is 0.308. The fourth-order valence-corrected chi connectivity index (χ4v) is 19.8. The molecule has 2 heterocycles. The van der Waals surface area contributed by atoms with E-state index in [1.54, 1.807) is 0 Å². The Morgan fingerprint density at radius 3 is 1.19 bits per heavy atom. The molecule has 0 unspecified atom stereocenters. The molecule has 4 aliphatic rings. The summed E-state index contributed by atoms with van der Waals surface area (Å²) in [5.74, 6) is 0. The van der Waals surface area contributed by atoms with Gasteiger partial charge in [-0.05, 0) is 223 Å². The summed E-state index contributed by atoms with van der Waals surface area (Å²) in [6, 6.07) is 84.5. The van der Waals surface area contributed by atoms with Gasteiger partial charge in [0.05, 0.1) is 11.4 Å². The van der Waals surface area contributed by atoms with E-state index in [1.807, 2.05) is 0 Å². The van der Waals surface area contributed by atoms with Gasteiger partial charge in [0.15, 0.2) is 11.2 Å². The maximum absolute atomic E-state index is 7.60. The Labute approximate surface area is 640 Å². The van der Waals surface area contributed by atoms with Crippen LogP contribution in [0.1, 0.15) is 230 Å². The highest BCUT2D eigenvalue weighted by atomic mass is 16.3. The first kappa shape index (κ1) is 69.6. The fourth-order valence-electron chi connectivity index (χ4n) is 19.8. The molecule has 4 nitrogen and oxygen atoms in total. The van der Waals surface area contributed by atoms with Crippen LogP contribution in [-0.4, -0.2) is 0 Å². The van der Waals surface area contributed by atoms with Crippen molar-refractivity contribution in [3.8, 4) is 44.5 Å². The van der Waals surface area contributed by atoms with Crippen LogP contribution in [0.2, 0.25) is 0 Å². The van der Waals surface area contributed by atoms with Gasteiger partial charge in [-0.2, -0.15) is 0 Å². The topological polar surface area (TPSA) is 32.8 Å². The molecule has 2 aromatic heterocycles. The minimum Gasteiger partial charge on any atom is -0.454 e. The molecule has 0 saturated heterocycles. The zero-order valence-electron chi connectivity index (χ0n) is 67.7. The maximum Gasteiger partial charge on any atom is 0.159 e. The van der Waals surface area contributed by atoms with E-state index in [0.29, 0.717) is 0 Å². The molecule has 0 spiro atoms. The number of benzene rings is 12. The Balaban J connectivity index is 0.730. The molecular weight excluding hydrogens is 1310 g/mol. The molecule has 0 fully saturated rings. The molecular formula is C104H104N2O2. The van der Waals surface area contributed by atoms with Crippen molar-refractivity contribution in [2.45, 2.75) is 207 Å². The Bertz CT molecular complexity index is 6170. The standard InChI is InChI=1S/C104H104N2O2/c1-96(2,3)61-40-46-71-72-30-25-37-88(94(72)107-90(71)54-61)105(65-43-49-74-85(57-65)102(17,18)80-35-27-33-78(91(74)80)97(4,5)6)64-42-48-70-68-45-39-60(51-82(68)104(21,22)84(70)56-64)59-100(13,14)62-52-76-73-31-26-38-89(95(73)108-93(76)87(53-62)99(10,11)12)106(63-41-47-69-67-29-23-24-32-77(67)101(15,16)83(69)55-63)66-44-50-75-86(58-66)103(19,20)81-36-28-34-79(92(75)81)98(7,8)9/h23-58H,59H2,1-22H3. The smallest absolute Gasteiger partial charge is 0.159 e. The van der Waals surface area contributed by atoms with Crippen LogP contribution in [-0.2, 0) is 55.2 Å². The van der Waals surface area contributed by atoms with Gasteiger partial charge in [-0.25, -0.2) is 0 Å². The zero-order valence-corrected chi connectivity index (χ0v) is 67.7. The minimum atomic E-state index is -0.316. The summed E-state index contributed by atoms with van der Waals surface area (Å²) in [5.41, 5.74) is 38.0. The van der Waals surface area contributed by atoms with Crippen LogP contribution in [0.3, 0.4) is 0 Å². The summed E-state index contributed by atoms with van der Waals surface area (Å²) in [5, 5.41) is 4.51. The van der Waals surface area contributed by atoms with E-state index in [1.165, 1.54) is 122 Å². The summed E-state index contributed by atoms with van der Waals surface area (Å²) < 4.78 is 14.8. The summed E-state index contributed by atoms with van der Waals surface area (Å²) in [6.07, 6.45) is 0.846. The van der Waals surface area contributed by atoms with Crippen LogP contribution in [0.15, 0.2) is 227 Å². The molecule has 0 radical (unpaired) electrons. The first-order chi connectivity index (χ1) is 50.8. The second-order valence-corrected chi connectivity index (χ2v) is 39.2. The number of nitrogens with zero attached hydrogens (tertiary/aromatic N) is 2. The monoisotopic (exact) mass is 1410 g/mol. The third-order valence-electron chi connectivity index (χ3n) is 25.9. The molecule has 12 aromatic carbocycles. The molecule has 0 bridgehead atoms. The first-order valence-corrected chi connectivity index (χ1v) is 39.5. The van der Waals surface area contributed by atoms with Gasteiger partial charge in [-0.3, -0.25) is 0 Å². The highest BCUT2D eigenvalue weighted by Crippen LogP contribution is 2.60. The maximum atomic E-state index is 7.60. The number of para-hydroxylation sites is 2. The van der Waals surface area contributed by atoms with Gasteiger partial charge in [0.25, 0.3) is 0 Å². The van der Waals surface area contributed by atoms with Gasteiger partial charge in [-0.15, -0.1) is 0 Å². The molecule has 4 heteroatoms. The van der Waals surface area contributed by atoms with E-state index >= 15 is 0 Å². The number of rotatable bonds is 9. The van der Waals surface area contributed by atoms with Crippen LogP contribution in [0.5, 0.6) is 0 Å². The third kappa shape index (κ3) is 10.3. The highest BCUT2D eigenvalue weighted by Gasteiger charge is 2.44. The molecule has 0 N–H and O–H groups in total. The van der Waals surface area contributed by atoms with Gasteiger partial charge in [-0.1, -0.05) is 298 Å². The lowest BCUT2D eigenvalue weighted by molar-refractivity contribution is 0.516. The lowest BCUT2D eigenvalue weighted by Crippen LogP contribution is -2.23. The number of hydrogen-bond donors (Lipinski definition) is 0. The van der Waals surface area contributed by atoms with Gasteiger partial charge >= 0.3 is 0 Å². The van der Waals surface area contributed by atoms with Crippen molar-refractivity contribution >= 4 is 78.0 Å². The number of fused-ring (bicyclic) bond motifs is 18. The Hall–Kier alpha value is -10.2. The van der Waals surface area contributed by atoms with E-state index in [0.717, 1.165) is 84.4 Å². The van der Waals surface area contributed by atoms with Crippen LogP contribution in [0.25, 0.3) is 88.4 Å². The predicted octanol–water partition coefficient (Wildman–Crippen LogP) is 29.4. The molecule has 4 aliphatic carbocycles. The lowest BCUT2D eigenvalue weighted by atomic mass is 9.75. The molecule has 0 saturated carbocycles. The largest absolute Gasteiger partial charge is 0.454 e. The SMILES string of the molecule is CC(C)(C)c1ccc2c(c1)oc1c(N(c3ccc4c(c3)C(C)(C)c3cc(CC(C)(C)c5cc(C(C)(C)C)c6oc7c(N(c8ccc9c(c8)C(C)(C)c8ccccc8-9)c8ccc9c(c8)C(C)(C)c8cccc(C(C)(C)C)c8-9)cccc7c6c5)ccc3-4)c3ccc4c(c3)C(C)(C)c3cccc(C(C)(C)C)c3-4)cccc12. The van der Waals surface area contributed by atoms with Crippen LogP contribution in [0, 0.1) is 0 Å². The number of hydrogen-bond acceptors (Lipinski definition) is 4. The van der Waals surface area contributed by atoms with Crippen LogP contribution < -0.4 is 9.80 Å². The molecule has 18 rings (SSSR count). The first-order valence-electron chi connectivity index (χ1n) is 39.5. The van der Waals surface area contributed by atoms with Crippen LogP contribution in [0.4, 0.5) is 34.1 Å². The van der Waals surface area contributed by atoms with E-state index in [2.05, 4.69) is 381 Å². The van der Waals surface area contributed by atoms with Crippen molar-refractivity contribution in [1.82, 2.24) is 0 Å². The third-order valence-corrected chi connectivity index (χ3v) is 25.9.